The summed E-state index contributed by atoms with van der Waals surface area (Å²) in [6.45, 7) is 3.42. The molecule has 1 fully saturated rings. The number of thiophene rings is 1. The van der Waals surface area contributed by atoms with Gasteiger partial charge in [0.2, 0.25) is 0 Å². The first-order chi connectivity index (χ1) is 11.8. The highest BCUT2D eigenvalue weighted by molar-refractivity contribution is 7.07. The van der Waals surface area contributed by atoms with Crippen LogP contribution in [0.1, 0.15) is 16.8 Å². The second-order valence-corrected chi connectivity index (χ2v) is 7.26. The zero-order valence-corrected chi connectivity index (χ0v) is 14.0. The highest BCUT2D eigenvalue weighted by Gasteiger charge is 2.50. The molecule has 5 rings (SSSR count). The molecule has 1 saturated heterocycles. The van der Waals surface area contributed by atoms with Crippen molar-refractivity contribution in [2.75, 3.05) is 13.1 Å². The van der Waals surface area contributed by atoms with Gasteiger partial charge in [-0.15, -0.1) is 0 Å². The van der Waals surface area contributed by atoms with Crippen LogP contribution in [0.3, 0.4) is 0 Å². The van der Waals surface area contributed by atoms with Gasteiger partial charge in [0.15, 0.2) is 5.82 Å². The van der Waals surface area contributed by atoms with Crippen LogP contribution in [0.2, 0.25) is 0 Å². The fourth-order valence-electron chi connectivity index (χ4n) is 3.61. The van der Waals surface area contributed by atoms with E-state index in [1.54, 1.807) is 11.3 Å². The standard InChI is InChI=1S/C19H17N3OS/c1-2-4-15(5-3-1)18-20-8-16-17(21-18)10-23-19(16)12-22(13-19)9-14-6-7-24-11-14/h1-8,11H,9-10,12-13H2. The van der Waals surface area contributed by atoms with E-state index >= 15 is 0 Å². The highest BCUT2D eigenvalue weighted by atomic mass is 32.1. The number of rotatable bonds is 3. The number of likely N-dealkylation sites (tertiary alicyclic amines) is 1. The Morgan fingerprint density at radius 1 is 1.17 bits per heavy atom. The summed E-state index contributed by atoms with van der Waals surface area (Å²) in [5.74, 6) is 0.782. The van der Waals surface area contributed by atoms with Gasteiger partial charge in [0.25, 0.3) is 0 Å². The van der Waals surface area contributed by atoms with Crippen molar-refractivity contribution in [3.8, 4) is 11.4 Å². The second-order valence-electron chi connectivity index (χ2n) is 6.48. The Morgan fingerprint density at radius 2 is 2.04 bits per heavy atom. The summed E-state index contributed by atoms with van der Waals surface area (Å²) >= 11 is 1.75. The van der Waals surface area contributed by atoms with Crippen LogP contribution in [-0.2, 0) is 23.5 Å². The maximum absolute atomic E-state index is 6.15. The van der Waals surface area contributed by atoms with Gasteiger partial charge in [0.05, 0.1) is 12.3 Å². The maximum Gasteiger partial charge on any atom is 0.159 e. The Hall–Kier alpha value is -2.08. The zero-order chi connectivity index (χ0) is 16.0. The SMILES string of the molecule is c1ccc(-c2ncc3c(n2)COC32CN(Cc3ccsc3)C2)cc1. The minimum atomic E-state index is -0.194. The second kappa shape index (κ2) is 5.48. The molecule has 4 heterocycles. The molecule has 5 heteroatoms. The molecule has 0 amide bonds. The molecule has 120 valence electrons. The van der Waals surface area contributed by atoms with E-state index in [-0.39, 0.29) is 5.60 Å². The van der Waals surface area contributed by atoms with Gasteiger partial charge in [-0.2, -0.15) is 11.3 Å². The first-order valence-electron chi connectivity index (χ1n) is 8.12. The summed E-state index contributed by atoms with van der Waals surface area (Å²) < 4.78 is 6.15. The molecule has 0 N–H and O–H groups in total. The van der Waals surface area contributed by atoms with Crippen molar-refractivity contribution in [1.82, 2.24) is 14.9 Å². The van der Waals surface area contributed by atoms with Crippen LogP contribution in [0.15, 0.2) is 53.4 Å². The minimum absolute atomic E-state index is 0.194. The van der Waals surface area contributed by atoms with Crippen molar-refractivity contribution in [3.63, 3.8) is 0 Å². The monoisotopic (exact) mass is 335 g/mol. The predicted octanol–water partition coefficient (Wildman–Crippen LogP) is 3.45. The van der Waals surface area contributed by atoms with Gasteiger partial charge in [-0.1, -0.05) is 30.3 Å². The van der Waals surface area contributed by atoms with E-state index in [2.05, 4.69) is 26.7 Å². The molecule has 0 bridgehead atoms. The lowest BCUT2D eigenvalue weighted by molar-refractivity contribution is -0.145. The molecule has 2 aliphatic heterocycles. The quantitative estimate of drug-likeness (QED) is 0.735. The van der Waals surface area contributed by atoms with Crippen molar-refractivity contribution < 1.29 is 4.74 Å². The summed E-state index contributed by atoms with van der Waals surface area (Å²) in [7, 11) is 0. The lowest BCUT2D eigenvalue weighted by Gasteiger charge is -2.47. The Labute approximate surface area is 144 Å². The number of ether oxygens (including phenoxy) is 1. The highest BCUT2D eigenvalue weighted by Crippen LogP contribution is 2.43. The van der Waals surface area contributed by atoms with Crippen molar-refractivity contribution in [3.05, 3.63) is 70.2 Å². The summed E-state index contributed by atoms with van der Waals surface area (Å²) in [6, 6.07) is 12.3. The summed E-state index contributed by atoms with van der Waals surface area (Å²) in [6.07, 6.45) is 1.97. The van der Waals surface area contributed by atoms with E-state index in [4.69, 9.17) is 9.72 Å². The van der Waals surface area contributed by atoms with E-state index in [9.17, 15) is 0 Å². The van der Waals surface area contributed by atoms with Crippen molar-refractivity contribution in [1.29, 1.82) is 0 Å². The average Bonchev–Trinajstić information content (AvgIpc) is 3.23. The first kappa shape index (κ1) is 14.3. The molecular formula is C19H17N3OS. The third-order valence-corrected chi connectivity index (χ3v) is 5.55. The van der Waals surface area contributed by atoms with Gasteiger partial charge in [-0.3, -0.25) is 4.90 Å². The fourth-order valence-corrected chi connectivity index (χ4v) is 4.27. The number of benzene rings is 1. The summed E-state index contributed by atoms with van der Waals surface area (Å²) in [5, 5.41) is 4.34. The van der Waals surface area contributed by atoms with E-state index in [1.807, 2.05) is 36.5 Å². The number of fused-ring (bicyclic) bond motifs is 2. The largest absolute Gasteiger partial charge is 0.361 e. The molecule has 0 atom stereocenters. The number of nitrogens with zero attached hydrogens (tertiary/aromatic N) is 3. The van der Waals surface area contributed by atoms with Gasteiger partial charge in [0.1, 0.15) is 5.60 Å². The fraction of sp³-hybridized carbons (Fsp3) is 0.263. The normalized spacial score (nSPS) is 18.5. The molecule has 24 heavy (non-hydrogen) atoms. The maximum atomic E-state index is 6.15. The Bertz CT molecular complexity index is 858. The smallest absolute Gasteiger partial charge is 0.159 e. The third kappa shape index (κ3) is 2.28. The molecule has 3 aromatic rings. The molecule has 2 aliphatic rings. The first-order valence-corrected chi connectivity index (χ1v) is 9.06. The van der Waals surface area contributed by atoms with E-state index < -0.39 is 0 Å². The van der Waals surface area contributed by atoms with Crippen LogP contribution in [0.25, 0.3) is 11.4 Å². The Morgan fingerprint density at radius 3 is 2.83 bits per heavy atom. The van der Waals surface area contributed by atoms with E-state index in [1.165, 1.54) is 11.1 Å². The van der Waals surface area contributed by atoms with Gasteiger partial charge < -0.3 is 4.74 Å². The van der Waals surface area contributed by atoms with Crippen LogP contribution in [0, 0.1) is 0 Å². The van der Waals surface area contributed by atoms with E-state index in [0.717, 1.165) is 36.7 Å². The van der Waals surface area contributed by atoms with Crippen LogP contribution in [0.5, 0.6) is 0 Å². The molecule has 0 aliphatic carbocycles. The summed E-state index contributed by atoms with van der Waals surface area (Å²) in [4.78, 5) is 11.8. The molecule has 4 nitrogen and oxygen atoms in total. The molecule has 0 radical (unpaired) electrons. The van der Waals surface area contributed by atoms with Crippen LogP contribution >= 0.6 is 11.3 Å². The topological polar surface area (TPSA) is 38.3 Å². The summed E-state index contributed by atoms with van der Waals surface area (Å²) in [5.41, 5.74) is 4.45. The van der Waals surface area contributed by atoms with Crippen molar-refractivity contribution in [2.45, 2.75) is 18.8 Å². The number of hydrogen-bond acceptors (Lipinski definition) is 5. The number of hydrogen-bond donors (Lipinski definition) is 0. The Kier molecular flexibility index (Phi) is 3.26. The molecule has 2 aromatic heterocycles. The minimum Gasteiger partial charge on any atom is -0.361 e. The number of aromatic nitrogens is 2. The van der Waals surface area contributed by atoms with Crippen LogP contribution < -0.4 is 0 Å². The van der Waals surface area contributed by atoms with Crippen molar-refractivity contribution in [2.24, 2.45) is 0 Å². The lowest BCUT2D eigenvalue weighted by atomic mass is 9.87. The van der Waals surface area contributed by atoms with Gasteiger partial charge in [0, 0.05) is 37.0 Å². The molecule has 1 aromatic carbocycles. The zero-order valence-electron chi connectivity index (χ0n) is 13.2. The molecule has 0 unspecified atom stereocenters. The van der Waals surface area contributed by atoms with Gasteiger partial charge in [-0.05, 0) is 22.4 Å². The van der Waals surface area contributed by atoms with Crippen LogP contribution in [0.4, 0.5) is 0 Å². The van der Waals surface area contributed by atoms with Gasteiger partial charge in [-0.25, -0.2) is 9.97 Å². The van der Waals surface area contributed by atoms with Gasteiger partial charge >= 0.3 is 0 Å². The Balaban J connectivity index is 1.37. The molecule has 0 saturated carbocycles. The van der Waals surface area contributed by atoms with Crippen molar-refractivity contribution >= 4 is 11.3 Å². The molecular weight excluding hydrogens is 318 g/mol. The average molecular weight is 335 g/mol. The predicted molar refractivity (Wildman–Crippen MR) is 93.5 cm³/mol. The van der Waals surface area contributed by atoms with E-state index in [0.29, 0.717) is 6.61 Å². The lowest BCUT2D eigenvalue weighted by Crippen LogP contribution is -2.58. The molecule has 1 spiro atoms. The third-order valence-electron chi connectivity index (χ3n) is 4.82. The van der Waals surface area contributed by atoms with Crippen LogP contribution in [-0.4, -0.2) is 28.0 Å².